The highest BCUT2D eigenvalue weighted by atomic mass is 32.1. The third-order valence-electron chi connectivity index (χ3n) is 4.07. The van der Waals surface area contributed by atoms with Crippen molar-refractivity contribution in [2.75, 3.05) is 20.6 Å². The predicted octanol–water partition coefficient (Wildman–Crippen LogP) is 4.36. The van der Waals surface area contributed by atoms with Gasteiger partial charge in [-0.3, -0.25) is 0 Å². The lowest BCUT2D eigenvalue weighted by atomic mass is 9.86. The summed E-state index contributed by atoms with van der Waals surface area (Å²) in [6.07, 6.45) is 16.4. The van der Waals surface area contributed by atoms with Crippen molar-refractivity contribution in [2.24, 2.45) is 5.92 Å². The van der Waals surface area contributed by atoms with Crippen molar-refractivity contribution < 1.29 is 4.74 Å². The van der Waals surface area contributed by atoms with Crippen LogP contribution in [0.3, 0.4) is 0 Å². The minimum Gasteiger partial charge on any atom is -0.364 e. The summed E-state index contributed by atoms with van der Waals surface area (Å²) in [5.41, 5.74) is 1.34. The summed E-state index contributed by atoms with van der Waals surface area (Å²) in [6.45, 7) is 1.03. The van der Waals surface area contributed by atoms with E-state index in [2.05, 4.69) is 79.0 Å². The molecule has 0 spiro atoms. The van der Waals surface area contributed by atoms with E-state index in [0.29, 0.717) is 5.92 Å². The van der Waals surface area contributed by atoms with Gasteiger partial charge >= 0.3 is 0 Å². The van der Waals surface area contributed by atoms with Crippen molar-refractivity contribution in [1.29, 1.82) is 0 Å². The van der Waals surface area contributed by atoms with Gasteiger partial charge in [0.2, 0.25) is 0 Å². The van der Waals surface area contributed by atoms with Crippen LogP contribution in [0.1, 0.15) is 17.4 Å². The minimum atomic E-state index is 0.121. The van der Waals surface area contributed by atoms with Crippen LogP contribution >= 0.6 is 11.3 Å². The number of hydrogen-bond donors (Lipinski definition) is 0. The highest BCUT2D eigenvalue weighted by Gasteiger charge is 2.27. The second-order valence-electron chi connectivity index (χ2n) is 6.02. The monoisotopic (exact) mass is 313 g/mol. The van der Waals surface area contributed by atoms with E-state index in [-0.39, 0.29) is 12.2 Å². The fourth-order valence-corrected chi connectivity index (χ4v) is 3.68. The van der Waals surface area contributed by atoms with Gasteiger partial charge in [0.15, 0.2) is 0 Å². The first-order valence-electron chi connectivity index (χ1n) is 7.81. The van der Waals surface area contributed by atoms with Crippen molar-refractivity contribution in [3.05, 3.63) is 70.5 Å². The third-order valence-corrected chi connectivity index (χ3v) is 5.03. The molecule has 3 heteroatoms. The smallest absolute Gasteiger partial charge is 0.0937 e. The van der Waals surface area contributed by atoms with Gasteiger partial charge in [0.1, 0.15) is 0 Å². The number of hydrogen-bond acceptors (Lipinski definition) is 3. The van der Waals surface area contributed by atoms with Gasteiger partial charge in [0.05, 0.1) is 12.2 Å². The van der Waals surface area contributed by atoms with Gasteiger partial charge in [-0.2, -0.15) is 0 Å². The molecule has 0 bridgehead atoms. The third kappa shape index (κ3) is 3.67. The van der Waals surface area contributed by atoms with Crippen LogP contribution in [-0.4, -0.2) is 31.6 Å². The Morgan fingerprint density at radius 3 is 2.91 bits per heavy atom. The normalized spacial score (nSPS) is 24.4. The molecular weight excluding hydrogens is 290 g/mol. The largest absolute Gasteiger partial charge is 0.364 e. The number of nitrogens with zero attached hydrogens (tertiary/aromatic N) is 1. The van der Waals surface area contributed by atoms with Crippen molar-refractivity contribution in [2.45, 2.75) is 18.6 Å². The molecule has 3 atom stereocenters. The first-order chi connectivity index (χ1) is 10.7. The van der Waals surface area contributed by atoms with Crippen LogP contribution in [0.5, 0.6) is 0 Å². The standard InChI is InChI=1S/C19H23NOS/c1-20(2)13-12-18(19-11-6-14-22-19)21-17-10-5-8-15-7-3-4-9-16(15)17/h3-11,14,16-18H,12-13H2,1-2H3. The van der Waals surface area contributed by atoms with Crippen LogP contribution < -0.4 is 0 Å². The molecule has 0 aliphatic heterocycles. The van der Waals surface area contributed by atoms with Gasteiger partial charge in [0.25, 0.3) is 0 Å². The molecule has 0 N–H and O–H groups in total. The Bertz CT molecular complexity index is 595. The SMILES string of the molecule is CN(C)CCC(OC1C=CC=C2C=CC=CC21)c1cccs1. The topological polar surface area (TPSA) is 12.5 Å². The lowest BCUT2D eigenvalue weighted by molar-refractivity contribution is -0.00777. The Labute approximate surface area is 137 Å². The van der Waals surface area contributed by atoms with Crippen LogP contribution in [0.4, 0.5) is 0 Å². The molecule has 0 aromatic carbocycles. The van der Waals surface area contributed by atoms with Crippen LogP contribution in [0.2, 0.25) is 0 Å². The fraction of sp³-hybridized carbons (Fsp3) is 0.368. The van der Waals surface area contributed by atoms with E-state index in [0.717, 1.165) is 13.0 Å². The van der Waals surface area contributed by atoms with E-state index >= 15 is 0 Å². The minimum absolute atomic E-state index is 0.121. The Hall–Kier alpha value is -1.42. The maximum absolute atomic E-state index is 6.53. The van der Waals surface area contributed by atoms with Crippen molar-refractivity contribution >= 4 is 11.3 Å². The van der Waals surface area contributed by atoms with Crippen molar-refractivity contribution in [3.8, 4) is 0 Å². The first kappa shape index (κ1) is 15.5. The van der Waals surface area contributed by atoms with E-state index in [4.69, 9.17) is 4.74 Å². The maximum Gasteiger partial charge on any atom is 0.0937 e. The van der Waals surface area contributed by atoms with Crippen LogP contribution in [0.25, 0.3) is 0 Å². The van der Waals surface area contributed by atoms with E-state index < -0.39 is 0 Å². The zero-order chi connectivity index (χ0) is 15.4. The average Bonchev–Trinajstić information content (AvgIpc) is 3.05. The number of rotatable bonds is 6. The highest BCUT2D eigenvalue weighted by Crippen LogP contribution is 2.34. The molecule has 2 aliphatic carbocycles. The fourth-order valence-electron chi connectivity index (χ4n) is 2.88. The molecule has 1 heterocycles. The molecule has 0 saturated heterocycles. The summed E-state index contributed by atoms with van der Waals surface area (Å²) in [7, 11) is 4.23. The second kappa shape index (κ2) is 7.23. The number of fused-ring (bicyclic) bond motifs is 1. The summed E-state index contributed by atoms with van der Waals surface area (Å²) in [5.74, 6) is 0.344. The molecule has 0 amide bonds. The second-order valence-corrected chi connectivity index (χ2v) is 7.00. The highest BCUT2D eigenvalue weighted by molar-refractivity contribution is 7.10. The summed E-state index contributed by atoms with van der Waals surface area (Å²) in [4.78, 5) is 3.54. The Balaban J connectivity index is 1.73. The van der Waals surface area contributed by atoms with E-state index in [9.17, 15) is 0 Å². The first-order valence-corrected chi connectivity index (χ1v) is 8.69. The lowest BCUT2D eigenvalue weighted by Gasteiger charge is -2.31. The Kier molecular flexibility index (Phi) is 5.08. The molecule has 2 nitrogen and oxygen atoms in total. The van der Waals surface area contributed by atoms with Crippen LogP contribution in [-0.2, 0) is 4.74 Å². The van der Waals surface area contributed by atoms with Gasteiger partial charge in [-0.15, -0.1) is 11.3 Å². The number of allylic oxidation sites excluding steroid dienone is 5. The summed E-state index contributed by atoms with van der Waals surface area (Å²) in [6, 6.07) is 4.29. The summed E-state index contributed by atoms with van der Waals surface area (Å²) < 4.78 is 6.53. The van der Waals surface area contributed by atoms with Gasteiger partial charge in [-0.1, -0.05) is 48.6 Å². The molecule has 2 aliphatic rings. The summed E-state index contributed by atoms with van der Waals surface area (Å²) >= 11 is 1.79. The van der Waals surface area contributed by atoms with Gasteiger partial charge in [-0.05, 0) is 37.5 Å². The lowest BCUT2D eigenvalue weighted by Crippen LogP contribution is -2.27. The molecule has 0 radical (unpaired) electrons. The number of thiophene rings is 1. The molecule has 3 rings (SSSR count). The van der Waals surface area contributed by atoms with Crippen LogP contribution in [0, 0.1) is 5.92 Å². The van der Waals surface area contributed by atoms with E-state index in [1.807, 2.05) is 0 Å². The van der Waals surface area contributed by atoms with Gasteiger partial charge in [-0.25, -0.2) is 0 Å². The number of ether oxygens (including phenoxy) is 1. The molecule has 0 saturated carbocycles. The molecule has 1 aromatic rings. The molecule has 116 valence electrons. The maximum atomic E-state index is 6.53. The van der Waals surface area contributed by atoms with E-state index in [1.165, 1.54) is 10.5 Å². The van der Waals surface area contributed by atoms with Gasteiger partial charge < -0.3 is 9.64 Å². The van der Waals surface area contributed by atoms with Gasteiger partial charge in [0, 0.05) is 17.3 Å². The predicted molar refractivity (Wildman–Crippen MR) is 94.1 cm³/mol. The molecular formula is C19H23NOS. The van der Waals surface area contributed by atoms with Crippen molar-refractivity contribution in [1.82, 2.24) is 4.90 Å². The molecule has 22 heavy (non-hydrogen) atoms. The molecule has 0 fully saturated rings. The molecule has 3 unspecified atom stereocenters. The zero-order valence-corrected chi connectivity index (χ0v) is 14.0. The Morgan fingerprint density at radius 1 is 1.23 bits per heavy atom. The average molecular weight is 313 g/mol. The summed E-state index contributed by atoms with van der Waals surface area (Å²) in [5, 5.41) is 2.13. The van der Waals surface area contributed by atoms with Crippen molar-refractivity contribution in [3.63, 3.8) is 0 Å². The quantitative estimate of drug-likeness (QED) is 0.773. The zero-order valence-electron chi connectivity index (χ0n) is 13.2. The van der Waals surface area contributed by atoms with Crippen LogP contribution in [0.15, 0.2) is 65.6 Å². The Morgan fingerprint density at radius 2 is 2.14 bits per heavy atom. The van der Waals surface area contributed by atoms with E-state index in [1.54, 1.807) is 11.3 Å². The molecule has 1 aromatic heterocycles.